The minimum absolute atomic E-state index is 0.188. The Balaban J connectivity index is 2.61. The van der Waals surface area contributed by atoms with Crippen LogP contribution in [0.15, 0.2) is 29.2 Å². The minimum Gasteiger partial charge on any atom is -0.476 e. The van der Waals surface area contributed by atoms with Crippen LogP contribution in [0, 0.1) is 13.8 Å². The first-order chi connectivity index (χ1) is 9.76. The lowest BCUT2D eigenvalue weighted by atomic mass is 10.2. The van der Waals surface area contributed by atoms with Crippen molar-refractivity contribution in [3.8, 4) is 0 Å². The van der Waals surface area contributed by atoms with E-state index in [1.54, 1.807) is 31.2 Å². The summed E-state index contributed by atoms with van der Waals surface area (Å²) in [5, 5.41) is 15.0. The molecule has 8 heteroatoms. The second-order valence-electron chi connectivity index (χ2n) is 4.59. The third kappa shape index (κ3) is 2.49. The molecular formula is C13H15N3O4S. The zero-order valence-electron chi connectivity index (χ0n) is 11.8. The summed E-state index contributed by atoms with van der Waals surface area (Å²) in [5.74, 6) is -1.39. The predicted octanol–water partition coefficient (Wildman–Crippen LogP) is 1.55. The van der Waals surface area contributed by atoms with Crippen LogP contribution >= 0.6 is 0 Å². The topological polar surface area (TPSA) is 103 Å². The third-order valence-corrected chi connectivity index (χ3v) is 5.10. The molecule has 7 nitrogen and oxygen atoms in total. The number of benzene rings is 1. The van der Waals surface area contributed by atoms with E-state index in [4.69, 9.17) is 5.11 Å². The van der Waals surface area contributed by atoms with Gasteiger partial charge in [0, 0.05) is 7.05 Å². The normalized spacial score (nSPS) is 11.4. The van der Waals surface area contributed by atoms with Crippen molar-refractivity contribution in [1.82, 2.24) is 10.2 Å². The van der Waals surface area contributed by atoms with Gasteiger partial charge in [-0.05, 0) is 25.5 Å². The highest BCUT2D eigenvalue weighted by atomic mass is 32.2. The highest BCUT2D eigenvalue weighted by molar-refractivity contribution is 7.93. The van der Waals surface area contributed by atoms with Crippen LogP contribution in [-0.4, -0.2) is 36.7 Å². The number of nitrogens with zero attached hydrogens (tertiary/aromatic N) is 2. The van der Waals surface area contributed by atoms with Gasteiger partial charge in [-0.25, -0.2) is 13.2 Å². The van der Waals surface area contributed by atoms with Gasteiger partial charge in [-0.1, -0.05) is 18.2 Å². The van der Waals surface area contributed by atoms with E-state index in [-0.39, 0.29) is 10.6 Å². The maximum atomic E-state index is 12.7. The van der Waals surface area contributed by atoms with Gasteiger partial charge in [0.25, 0.3) is 10.0 Å². The van der Waals surface area contributed by atoms with Crippen molar-refractivity contribution in [2.45, 2.75) is 18.7 Å². The van der Waals surface area contributed by atoms with Gasteiger partial charge in [0.1, 0.15) is 4.90 Å². The number of carbonyl (C=O) groups is 1. The first-order valence-electron chi connectivity index (χ1n) is 6.09. The van der Waals surface area contributed by atoms with Gasteiger partial charge in [-0.15, -0.1) is 0 Å². The lowest BCUT2D eigenvalue weighted by Crippen LogP contribution is -2.28. The lowest BCUT2D eigenvalue weighted by Gasteiger charge is -2.21. The van der Waals surface area contributed by atoms with Crippen LogP contribution in [0.25, 0.3) is 0 Å². The minimum atomic E-state index is -4.02. The first kappa shape index (κ1) is 15.0. The molecule has 0 aliphatic carbocycles. The summed E-state index contributed by atoms with van der Waals surface area (Å²) in [6.07, 6.45) is 0. The summed E-state index contributed by atoms with van der Waals surface area (Å²) in [4.78, 5) is 10.8. The number of rotatable bonds is 4. The molecule has 0 unspecified atom stereocenters. The molecule has 0 aliphatic rings. The van der Waals surface area contributed by atoms with Gasteiger partial charge in [0.05, 0.1) is 11.4 Å². The molecular weight excluding hydrogens is 294 g/mol. The number of H-pyrrole nitrogens is 1. The van der Waals surface area contributed by atoms with Crippen molar-refractivity contribution in [2.75, 3.05) is 11.4 Å². The van der Waals surface area contributed by atoms with Crippen LogP contribution in [0.1, 0.15) is 21.7 Å². The molecule has 0 saturated carbocycles. The number of sulfonamides is 1. The summed E-state index contributed by atoms with van der Waals surface area (Å²) < 4.78 is 26.5. The third-order valence-electron chi connectivity index (χ3n) is 3.17. The zero-order chi connectivity index (χ0) is 15.8. The molecule has 112 valence electrons. The van der Waals surface area contributed by atoms with Crippen molar-refractivity contribution >= 4 is 21.7 Å². The van der Waals surface area contributed by atoms with Crippen molar-refractivity contribution in [1.29, 1.82) is 0 Å². The second-order valence-corrected chi connectivity index (χ2v) is 6.50. The monoisotopic (exact) mass is 309 g/mol. The number of para-hydroxylation sites is 1. The average Bonchev–Trinajstić information content (AvgIpc) is 2.81. The lowest BCUT2D eigenvalue weighted by molar-refractivity contribution is 0.0686. The number of hydrogen-bond donors (Lipinski definition) is 2. The molecule has 0 amide bonds. The van der Waals surface area contributed by atoms with Crippen LogP contribution in [-0.2, 0) is 10.0 Å². The zero-order valence-corrected chi connectivity index (χ0v) is 12.6. The van der Waals surface area contributed by atoms with Crippen molar-refractivity contribution in [3.63, 3.8) is 0 Å². The Kier molecular flexibility index (Phi) is 3.73. The number of aromatic nitrogens is 2. The summed E-state index contributed by atoms with van der Waals surface area (Å²) >= 11 is 0. The van der Waals surface area contributed by atoms with E-state index >= 15 is 0 Å². The van der Waals surface area contributed by atoms with E-state index in [2.05, 4.69) is 10.2 Å². The fourth-order valence-corrected chi connectivity index (χ4v) is 3.61. The Morgan fingerprint density at radius 2 is 1.90 bits per heavy atom. The molecule has 0 atom stereocenters. The predicted molar refractivity (Wildman–Crippen MR) is 77.1 cm³/mol. The molecule has 0 aliphatic heterocycles. The van der Waals surface area contributed by atoms with Gasteiger partial charge in [0.2, 0.25) is 0 Å². The van der Waals surface area contributed by atoms with Gasteiger partial charge >= 0.3 is 5.97 Å². The van der Waals surface area contributed by atoms with Crippen LogP contribution in [0.5, 0.6) is 0 Å². The van der Waals surface area contributed by atoms with Gasteiger partial charge in [-0.2, -0.15) is 5.10 Å². The van der Waals surface area contributed by atoms with E-state index in [1.807, 2.05) is 0 Å². The Morgan fingerprint density at radius 3 is 2.48 bits per heavy atom. The Morgan fingerprint density at radius 1 is 1.29 bits per heavy atom. The number of anilines is 1. The highest BCUT2D eigenvalue weighted by Crippen LogP contribution is 2.27. The van der Waals surface area contributed by atoms with Crippen LogP contribution in [0.2, 0.25) is 0 Å². The van der Waals surface area contributed by atoms with E-state index in [0.29, 0.717) is 5.69 Å². The van der Waals surface area contributed by atoms with Gasteiger partial charge < -0.3 is 5.11 Å². The SMILES string of the molecule is Cc1ccccc1N(C)S(=O)(=O)c1c(C(=O)O)n[nH]c1C. The van der Waals surface area contributed by atoms with Crippen molar-refractivity contribution in [2.24, 2.45) is 0 Å². The average molecular weight is 309 g/mol. The quantitative estimate of drug-likeness (QED) is 0.892. The summed E-state index contributed by atoms with van der Waals surface area (Å²) in [6, 6.07) is 6.95. The highest BCUT2D eigenvalue weighted by Gasteiger charge is 2.32. The number of aromatic carboxylic acids is 1. The summed E-state index contributed by atoms with van der Waals surface area (Å²) in [7, 11) is -2.63. The summed E-state index contributed by atoms with van der Waals surface area (Å²) in [6.45, 7) is 3.25. The van der Waals surface area contributed by atoms with Gasteiger partial charge in [-0.3, -0.25) is 9.40 Å². The molecule has 0 saturated heterocycles. The standard InChI is InChI=1S/C13H15N3O4S/c1-8-6-4-5-7-10(8)16(3)21(19,20)12-9(2)14-15-11(12)13(17)18/h4-7H,1-3H3,(H,14,15)(H,17,18). The van der Waals surface area contributed by atoms with Crippen LogP contribution in [0.3, 0.4) is 0 Å². The maximum Gasteiger partial charge on any atom is 0.357 e. The molecule has 2 rings (SSSR count). The van der Waals surface area contributed by atoms with Crippen LogP contribution in [0.4, 0.5) is 5.69 Å². The molecule has 1 aromatic heterocycles. The summed E-state index contributed by atoms with van der Waals surface area (Å²) in [5.41, 5.74) is 0.928. The smallest absolute Gasteiger partial charge is 0.357 e. The first-order valence-corrected chi connectivity index (χ1v) is 7.53. The molecule has 0 fully saturated rings. The fraction of sp³-hybridized carbons (Fsp3) is 0.231. The molecule has 0 bridgehead atoms. The molecule has 2 N–H and O–H groups in total. The number of aryl methyl sites for hydroxylation is 2. The van der Waals surface area contributed by atoms with E-state index in [0.717, 1.165) is 9.87 Å². The maximum absolute atomic E-state index is 12.7. The Bertz CT molecular complexity index is 795. The molecule has 21 heavy (non-hydrogen) atoms. The van der Waals surface area contributed by atoms with E-state index < -0.39 is 21.7 Å². The number of nitrogens with one attached hydrogen (secondary N) is 1. The fourth-order valence-electron chi connectivity index (χ4n) is 2.06. The number of hydrogen-bond acceptors (Lipinski definition) is 4. The number of carboxylic acids is 1. The Labute approximate surface area is 122 Å². The van der Waals surface area contributed by atoms with Crippen LogP contribution < -0.4 is 4.31 Å². The van der Waals surface area contributed by atoms with Crippen molar-refractivity contribution in [3.05, 3.63) is 41.2 Å². The second kappa shape index (κ2) is 5.21. The molecule has 2 aromatic rings. The molecule has 0 radical (unpaired) electrons. The van der Waals surface area contributed by atoms with E-state index in [9.17, 15) is 13.2 Å². The van der Waals surface area contributed by atoms with Gasteiger partial charge in [0.15, 0.2) is 5.69 Å². The van der Waals surface area contributed by atoms with E-state index in [1.165, 1.54) is 14.0 Å². The largest absolute Gasteiger partial charge is 0.476 e. The molecule has 1 heterocycles. The molecule has 1 aromatic carbocycles. The Hall–Kier alpha value is -2.35. The number of aromatic amines is 1. The molecule has 0 spiro atoms. The van der Waals surface area contributed by atoms with Crippen molar-refractivity contribution < 1.29 is 18.3 Å². The number of carboxylic acid groups (broad SMARTS) is 1.